The van der Waals surface area contributed by atoms with Gasteiger partial charge in [-0.15, -0.1) is 0 Å². The Kier molecular flexibility index (Phi) is 3.93. The predicted octanol–water partition coefficient (Wildman–Crippen LogP) is 2.54. The molecule has 0 radical (unpaired) electrons. The van der Waals surface area contributed by atoms with Crippen molar-refractivity contribution < 1.29 is 14.3 Å². The number of ether oxygens (including phenoxy) is 2. The minimum atomic E-state index is -0.527. The van der Waals surface area contributed by atoms with E-state index in [1.165, 1.54) is 11.3 Å². The molecule has 7 heteroatoms. The summed E-state index contributed by atoms with van der Waals surface area (Å²) >= 11 is 1.32. The molecule has 20 heavy (non-hydrogen) atoms. The standard InChI is InChI=1S/C13H21N3O3S/c1-8-9(18-13(5)6-14-7-13)20-10(15-8)16-11(17)19-12(2,3)4/h14H,6-7H2,1-5H3,(H,15,16,17). The van der Waals surface area contributed by atoms with E-state index in [-0.39, 0.29) is 5.60 Å². The average molecular weight is 299 g/mol. The van der Waals surface area contributed by atoms with Gasteiger partial charge >= 0.3 is 6.09 Å². The van der Waals surface area contributed by atoms with Crippen LogP contribution < -0.4 is 15.4 Å². The number of nitrogens with one attached hydrogen (secondary N) is 2. The van der Waals surface area contributed by atoms with Crippen molar-refractivity contribution in [1.82, 2.24) is 10.3 Å². The van der Waals surface area contributed by atoms with Crippen LogP contribution in [0, 0.1) is 6.92 Å². The highest BCUT2D eigenvalue weighted by Crippen LogP contribution is 2.34. The molecule has 112 valence electrons. The van der Waals surface area contributed by atoms with Crippen LogP contribution in [0.1, 0.15) is 33.4 Å². The van der Waals surface area contributed by atoms with E-state index in [1.807, 2.05) is 34.6 Å². The topological polar surface area (TPSA) is 72.5 Å². The first-order valence-corrected chi connectivity index (χ1v) is 7.36. The van der Waals surface area contributed by atoms with Gasteiger partial charge in [0.15, 0.2) is 10.2 Å². The molecule has 0 bridgehead atoms. The van der Waals surface area contributed by atoms with Crippen LogP contribution in [-0.2, 0) is 4.74 Å². The predicted molar refractivity (Wildman–Crippen MR) is 78.6 cm³/mol. The van der Waals surface area contributed by atoms with Gasteiger partial charge in [0.1, 0.15) is 11.2 Å². The van der Waals surface area contributed by atoms with Crippen molar-refractivity contribution in [2.24, 2.45) is 0 Å². The van der Waals surface area contributed by atoms with Crippen molar-refractivity contribution in [3.63, 3.8) is 0 Å². The number of hydrogen-bond acceptors (Lipinski definition) is 6. The molecule has 1 aliphatic heterocycles. The quantitative estimate of drug-likeness (QED) is 0.897. The number of nitrogens with zero attached hydrogens (tertiary/aromatic N) is 1. The molecule has 1 aliphatic rings. The van der Waals surface area contributed by atoms with Gasteiger partial charge in [0, 0.05) is 13.1 Å². The summed E-state index contributed by atoms with van der Waals surface area (Å²) in [5.41, 5.74) is 0.0653. The highest BCUT2D eigenvalue weighted by atomic mass is 32.1. The number of anilines is 1. The summed E-state index contributed by atoms with van der Waals surface area (Å²) < 4.78 is 11.1. The molecule has 1 fully saturated rings. The maximum Gasteiger partial charge on any atom is 0.413 e. The third kappa shape index (κ3) is 3.83. The van der Waals surface area contributed by atoms with Crippen LogP contribution in [0.3, 0.4) is 0 Å². The summed E-state index contributed by atoms with van der Waals surface area (Å²) in [6.07, 6.45) is -0.505. The Hall–Kier alpha value is -1.34. The zero-order valence-electron chi connectivity index (χ0n) is 12.5. The fourth-order valence-electron chi connectivity index (χ4n) is 1.69. The van der Waals surface area contributed by atoms with Gasteiger partial charge in [-0.1, -0.05) is 11.3 Å². The molecular formula is C13H21N3O3S. The Morgan fingerprint density at radius 2 is 2.10 bits per heavy atom. The van der Waals surface area contributed by atoms with Gasteiger partial charge in [0.05, 0.1) is 5.69 Å². The van der Waals surface area contributed by atoms with Crippen LogP contribution in [0.2, 0.25) is 0 Å². The number of carbonyl (C=O) groups excluding carboxylic acids is 1. The van der Waals surface area contributed by atoms with Crippen LogP contribution in [0.15, 0.2) is 0 Å². The lowest BCUT2D eigenvalue weighted by Crippen LogP contribution is -2.60. The highest BCUT2D eigenvalue weighted by Gasteiger charge is 2.35. The largest absolute Gasteiger partial charge is 0.473 e. The molecule has 1 aromatic heterocycles. The summed E-state index contributed by atoms with van der Waals surface area (Å²) in [5, 5.41) is 7.03. The van der Waals surface area contributed by atoms with Crippen molar-refractivity contribution in [3.05, 3.63) is 5.69 Å². The molecule has 0 atom stereocenters. The van der Waals surface area contributed by atoms with Crippen molar-refractivity contribution in [1.29, 1.82) is 0 Å². The number of rotatable bonds is 3. The number of aryl methyl sites for hydroxylation is 1. The smallest absolute Gasteiger partial charge is 0.413 e. The fraction of sp³-hybridized carbons (Fsp3) is 0.692. The van der Waals surface area contributed by atoms with E-state index in [9.17, 15) is 4.79 Å². The maximum atomic E-state index is 11.7. The molecule has 0 spiro atoms. The molecule has 1 aromatic rings. The van der Waals surface area contributed by atoms with E-state index in [1.54, 1.807) is 0 Å². The lowest BCUT2D eigenvalue weighted by molar-refractivity contribution is 0.0377. The van der Waals surface area contributed by atoms with E-state index in [0.717, 1.165) is 23.8 Å². The molecule has 1 saturated heterocycles. The SMILES string of the molecule is Cc1nc(NC(=O)OC(C)(C)C)sc1OC1(C)CNC1. The van der Waals surface area contributed by atoms with Crippen LogP contribution in [0.5, 0.6) is 5.06 Å². The van der Waals surface area contributed by atoms with Gasteiger partial charge in [-0.2, -0.15) is 0 Å². The molecule has 0 saturated carbocycles. The average Bonchev–Trinajstić information content (AvgIpc) is 2.53. The molecular weight excluding hydrogens is 278 g/mol. The third-order valence-electron chi connectivity index (χ3n) is 2.70. The number of carbonyl (C=O) groups is 1. The van der Waals surface area contributed by atoms with E-state index in [4.69, 9.17) is 9.47 Å². The fourth-order valence-corrected chi connectivity index (χ4v) is 2.62. The summed E-state index contributed by atoms with van der Waals surface area (Å²) in [4.78, 5) is 16.0. The second-order valence-corrected chi connectivity index (χ2v) is 7.14. The Morgan fingerprint density at radius 3 is 2.60 bits per heavy atom. The van der Waals surface area contributed by atoms with E-state index in [0.29, 0.717) is 5.13 Å². The molecule has 0 unspecified atom stereocenters. The van der Waals surface area contributed by atoms with E-state index >= 15 is 0 Å². The lowest BCUT2D eigenvalue weighted by Gasteiger charge is -2.38. The van der Waals surface area contributed by atoms with Gasteiger partial charge in [0.25, 0.3) is 0 Å². The Bertz CT molecular complexity index is 503. The summed E-state index contributed by atoms with van der Waals surface area (Å²) in [6, 6.07) is 0. The van der Waals surface area contributed by atoms with Gasteiger partial charge in [-0.3, -0.25) is 5.32 Å². The molecule has 6 nitrogen and oxygen atoms in total. The molecule has 1 amide bonds. The highest BCUT2D eigenvalue weighted by molar-refractivity contribution is 7.17. The minimum absolute atomic E-state index is 0.180. The summed E-state index contributed by atoms with van der Waals surface area (Å²) in [6.45, 7) is 11.0. The Morgan fingerprint density at radius 1 is 1.45 bits per heavy atom. The van der Waals surface area contributed by atoms with Crippen molar-refractivity contribution in [3.8, 4) is 5.06 Å². The summed E-state index contributed by atoms with van der Waals surface area (Å²) in [5.74, 6) is 0. The second-order valence-electron chi connectivity index (χ2n) is 6.17. The first-order chi connectivity index (χ1) is 9.17. The van der Waals surface area contributed by atoms with Crippen molar-refractivity contribution in [2.75, 3.05) is 18.4 Å². The van der Waals surface area contributed by atoms with Gasteiger partial charge in [0.2, 0.25) is 0 Å². The number of aromatic nitrogens is 1. The van der Waals surface area contributed by atoms with Gasteiger partial charge in [-0.05, 0) is 34.6 Å². The van der Waals surface area contributed by atoms with Crippen LogP contribution in [0.25, 0.3) is 0 Å². The second kappa shape index (κ2) is 5.21. The van der Waals surface area contributed by atoms with E-state index < -0.39 is 11.7 Å². The first-order valence-electron chi connectivity index (χ1n) is 6.54. The van der Waals surface area contributed by atoms with E-state index in [2.05, 4.69) is 15.6 Å². The third-order valence-corrected chi connectivity index (χ3v) is 3.65. The first kappa shape index (κ1) is 15.1. The maximum absolute atomic E-state index is 11.7. The zero-order chi connectivity index (χ0) is 15.0. The van der Waals surface area contributed by atoms with Gasteiger partial charge in [-0.25, -0.2) is 9.78 Å². The molecule has 0 aliphatic carbocycles. The van der Waals surface area contributed by atoms with Crippen molar-refractivity contribution >= 4 is 22.6 Å². The van der Waals surface area contributed by atoms with Gasteiger partial charge < -0.3 is 14.8 Å². The lowest BCUT2D eigenvalue weighted by atomic mass is 10.0. The Labute approximate surface area is 122 Å². The number of hydrogen-bond donors (Lipinski definition) is 2. The monoisotopic (exact) mass is 299 g/mol. The molecule has 0 aromatic carbocycles. The number of amides is 1. The van der Waals surface area contributed by atoms with Crippen LogP contribution in [-0.4, -0.2) is 35.4 Å². The number of thiazole rings is 1. The molecule has 2 N–H and O–H groups in total. The zero-order valence-corrected chi connectivity index (χ0v) is 13.3. The Balaban J connectivity index is 1.98. The van der Waals surface area contributed by atoms with Crippen LogP contribution in [0.4, 0.5) is 9.93 Å². The molecule has 2 heterocycles. The normalized spacial score (nSPS) is 17.2. The van der Waals surface area contributed by atoms with Crippen LogP contribution >= 0.6 is 11.3 Å². The van der Waals surface area contributed by atoms with Crippen molar-refractivity contribution in [2.45, 2.75) is 45.8 Å². The minimum Gasteiger partial charge on any atom is -0.473 e. The summed E-state index contributed by atoms with van der Waals surface area (Å²) in [7, 11) is 0. The molecule has 2 rings (SSSR count).